The molecule has 1 aliphatic carbocycles. The molecule has 41 heavy (non-hydrogen) atoms. The first-order valence-corrected chi connectivity index (χ1v) is 13.9. The summed E-state index contributed by atoms with van der Waals surface area (Å²) in [4.78, 5) is 5.13. The topological polar surface area (TPSA) is 50.1 Å². The van der Waals surface area contributed by atoms with E-state index >= 15 is 0 Å². The Morgan fingerprint density at radius 3 is 2.27 bits per heavy atom. The normalized spacial score (nSPS) is 18.5. The van der Waals surface area contributed by atoms with Gasteiger partial charge in [-0.05, 0) is 85.6 Å². The molecule has 2 aromatic carbocycles. The van der Waals surface area contributed by atoms with Crippen LogP contribution in [0.1, 0.15) is 77.9 Å². The van der Waals surface area contributed by atoms with Crippen molar-refractivity contribution in [3.63, 3.8) is 0 Å². The molecule has 3 aromatic rings. The Kier molecular flexibility index (Phi) is 7.95. The summed E-state index contributed by atoms with van der Waals surface area (Å²) in [5, 5.41) is 12.5. The highest BCUT2D eigenvalue weighted by Gasteiger charge is 2.38. The summed E-state index contributed by atoms with van der Waals surface area (Å²) in [5.41, 5.74) is 0.748. The monoisotopic (exact) mass is 580 g/mol. The number of nitrogens with zero attached hydrogens (tertiary/aromatic N) is 6. The maximum absolute atomic E-state index is 14.1. The molecule has 5 rings (SSSR count). The molecular weight excluding hydrogens is 546 g/mol. The average molecular weight is 581 g/mol. The third-order valence-electron chi connectivity index (χ3n) is 8.19. The second kappa shape index (κ2) is 11.2. The van der Waals surface area contributed by atoms with Gasteiger partial charge in [0.05, 0.1) is 24.2 Å². The summed E-state index contributed by atoms with van der Waals surface area (Å²) >= 11 is 0. The van der Waals surface area contributed by atoms with Gasteiger partial charge in [-0.1, -0.05) is 35.6 Å². The average Bonchev–Trinajstić information content (AvgIpc) is 3.51. The van der Waals surface area contributed by atoms with Crippen LogP contribution in [-0.2, 0) is 25.9 Å². The SMILES string of the molecule is Cc1cc(CN(c2nnn(C)n2)[C@H]2CCCN(CC3CCCC3)c3cc(C(F)(F)F)c(C)cc32)cc(C(F)(F)F)c1. The largest absolute Gasteiger partial charge is 0.416 e. The van der Waals surface area contributed by atoms with Gasteiger partial charge in [-0.15, -0.1) is 5.10 Å². The number of anilines is 2. The molecule has 0 N–H and O–H groups in total. The second-order valence-electron chi connectivity index (χ2n) is 11.4. The Hall–Kier alpha value is -3.31. The van der Waals surface area contributed by atoms with E-state index in [2.05, 4.69) is 20.3 Å². The lowest BCUT2D eigenvalue weighted by Crippen LogP contribution is -2.31. The van der Waals surface area contributed by atoms with Gasteiger partial charge >= 0.3 is 12.4 Å². The summed E-state index contributed by atoms with van der Waals surface area (Å²) in [5.74, 6) is 0.626. The molecule has 1 aromatic heterocycles. The van der Waals surface area contributed by atoms with Gasteiger partial charge in [0.25, 0.3) is 5.95 Å². The molecule has 1 fully saturated rings. The summed E-state index contributed by atoms with van der Waals surface area (Å²) in [6.07, 6.45) is -3.43. The maximum atomic E-state index is 14.1. The van der Waals surface area contributed by atoms with Crippen molar-refractivity contribution in [2.75, 3.05) is 22.9 Å². The minimum Gasteiger partial charge on any atom is -0.371 e. The number of tetrazole rings is 1. The quantitative estimate of drug-likeness (QED) is 0.285. The molecule has 0 bridgehead atoms. The van der Waals surface area contributed by atoms with Crippen molar-refractivity contribution in [3.8, 4) is 0 Å². The number of hydrogen-bond acceptors (Lipinski definition) is 5. The van der Waals surface area contributed by atoms with Crippen LogP contribution in [0.25, 0.3) is 0 Å². The van der Waals surface area contributed by atoms with Gasteiger partial charge in [0.1, 0.15) is 0 Å². The molecule has 12 heteroatoms. The summed E-state index contributed by atoms with van der Waals surface area (Å²) in [6, 6.07) is 6.27. The van der Waals surface area contributed by atoms with E-state index in [-0.39, 0.29) is 18.1 Å². The van der Waals surface area contributed by atoms with Crippen LogP contribution in [0.5, 0.6) is 0 Å². The number of hydrogen-bond donors (Lipinski definition) is 0. The van der Waals surface area contributed by atoms with Gasteiger partial charge < -0.3 is 9.80 Å². The molecular formula is C29H34F6N6. The van der Waals surface area contributed by atoms with Gasteiger partial charge in [0.2, 0.25) is 0 Å². The van der Waals surface area contributed by atoms with Crippen molar-refractivity contribution >= 4 is 11.6 Å². The standard InChI is InChI=1S/C29H34F6N6/c1-18-11-21(14-22(12-18)28(30,31)32)17-41(27-36-38-39(3)37-27)25-9-6-10-40(16-20-7-4-5-8-20)26-15-24(29(33,34)35)19(2)13-23(25)26/h11-15,20,25H,4-10,16-17H2,1-3H3/t25-/m0/s1. The molecule has 1 saturated carbocycles. The highest BCUT2D eigenvalue weighted by atomic mass is 19.4. The molecule has 0 amide bonds. The summed E-state index contributed by atoms with van der Waals surface area (Å²) < 4.78 is 83.2. The molecule has 6 nitrogen and oxygen atoms in total. The van der Waals surface area contributed by atoms with E-state index < -0.39 is 29.5 Å². The van der Waals surface area contributed by atoms with Crippen LogP contribution in [0.15, 0.2) is 30.3 Å². The van der Waals surface area contributed by atoms with Gasteiger partial charge in [0, 0.05) is 25.3 Å². The number of alkyl halides is 6. The minimum absolute atomic E-state index is 0.0310. The Bertz CT molecular complexity index is 1380. The first-order chi connectivity index (χ1) is 19.3. The predicted molar refractivity (Wildman–Crippen MR) is 143 cm³/mol. The second-order valence-corrected chi connectivity index (χ2v) is 11.4. The lowest BCUT2D eigenvalue weighted by Gasteiger charge is -2.34. The van der Waals surface area contributed by atoms with Crippen molar-refractivity contribution < 1.29 is 26.3 Å². The van der Waals surface area contributed by atoms with E-state index in [1.165, 1.54) is 17.8 Å². The number of halogens is 6. The maximum Gasteiger partial charge on any atom is 0.416 e. The van der Waals surface area contributed by atoms with E-state index in [4.69, 9.17) is 0 Å². The Balaban J connectivity index is 1.62. The fraction of sp³-hybridized carbons (Fsp3) is 0.552. The van der Waals surface area contributed by atoms with E-state index in [1.54, 1.807) is 31.0 Å². The van der Waals surface area contributed by atoms with Gasteiger partial charge in [0.15, 0.2) is 0 Å². The van der Waals surface area contributed by atoms with Crippen LogP contribution < -0.4 is 9.80 Å². The third kappa shape index (κ3) is 6.46. The van der Waals surface area contributed by atoms with Crippen LogP contribution >= 0.6 is 0 Å². The third-order valence-corrected chi connectivity index (χ3v) is 8.19. The van der Waals surface area contributed by atoms with Crippen LogP contribution in [-0.4, -0.2) is 33.3 Å². The highest BCUT2D eigenvalue weighted by molar-refractivity contribution is 5.62. The van der Waals surface area contributed by atoms with Crippen molar-refractivity contribution in [2.24, 2.45) is 13.0 Å². The van der Waals surface area contributed by atoms with Crippen LogP contribution in [0.3, 0.4) is 0 Å². The van der Waals surface area contributed by atoms with Gasteiger partial charge in [-0.3, -0.25) is 0 Å². The Labute approximate surface area is 235 Å². The first-order valence-electron chi connectivity index (χ1n) is 13.9. The molecule has 222 valence electrons. The smallest absolute Gasteiger partial charge is 0.371 e. The number of fused-ring (bicyclic) bond motifs is 1. The zero-order valence-corrected chi connectivity index (χ0v) is 23.4. The fourth-order valence-electron chi connectivity index (χ4n) is 6.36. The zero-order valence-electron chi connectivity index (χ0n) is 23.4. The molecule has 0 radical (unpaired) electrons. The number of aryl methyl sites for hydroxylation is 3. The molecule has 2 aliphatic rings. The molecule has 0 saturated heterocycles. The highest BCUT2D eigenvalue weighted by Crippen LogP contribution is 2.44. The number of rotatable bonds is 6. The van der Waals surface area contributed by atoms with Crippen LogP contribution in [0.4, 0.5) is 38.0 Å². The molecule has 1 atom stereocenters. The van der Waals surface area contributed by atoms with Crippen LogP contribution in [0, 0.1) is 19.8 Å². The van der Waals surface area contributed by atoms with E-state index in [1.807, 2.05) is 0 Å². The van der Waals surface area contributed by atoms with Crippen molar-refractivity contribution in [1.29, 1.82) is 0 Å². The summed E-state index contributed by atoms with van der Waals surface area (Å²) in [7, 11) is 1.59. The molecule has 1 aliphatic heterocycles. The zero-order chi connectivity index (χ0) is 29.5. The Morgan fingerprint density at radius 1 is 0.902 bits per heavy atom. The van der Waals surface area contributed by atoms with Crippen molar-refractivity contribution in [2.45, 2.75) is 77.3 Å². The predicted octanol–water partition coefficient (Wildman–Crippen LogP) is 7.40. The van der Waals surface area contributed by atoms with Gasteiger partial charge in [-0.25, -0.2) is 0 Å². The van der Waals surface area contributed by atoms with Crippen LogP contribution in [0.2, 0.25) is 0 Å². The van der Waals surface area contributed by atoms with Gasteiger partial charge in [-0.2, -0.15) is 31.1 Å². The number of benzene rings is 2. The fourth-order valence-corrected chi connectivity index (χ4v) is 6.36. The first kappa shape index (κ1) is 29.2. The Morgan fingerprint density at radius 2 is 1.63 bits per heavy atom. The molecule has 0 unspecified atom stereocenters. The van der Waals surface area contributed by atoms with E-state index in [9.17, 15) is 26.3 Å². The van der Waals surface area contributed by atoms with Crippen molar-refractivity contribution in [3.05, 3.63) is 63.7 Å². The minimum atomic E-state index is -4.52. The number of aromatic nitrogens is 4. The lowest BCUT2D eigenvalue weighted by atomic mass is 9.94. The molecule has 0 spiro atoms. The lowest BCUT2D eigenvalue weighted by molar-refractivity contribution is -0.138. The van der Waals surface area contributed by atoms with E-state index in [0.29, 0.717) is 54.2 Å². The summed E-state index contributed by atoms with van der Waals surface area (Å²) in [6.45, 7) is 4.35. The molecule has 2 heterocycles. The van der Waals surface area contributed by atoms with Crippen molar-refractivity contribution in [1.82, 2.24) is 20.2 Å². The van der Waals surface area contributed by atoms with E-state index in [0.717, 1.165) is 37.8 Å².